The van der Waals surface area contributed by atoms with Gasteiger partial charge in [-0.3, -0.25) is 4.79 Å². The molecule has 1 heterocycles. The molecular weight excluding hydrogens is 399 g/mol. The molecule has 3 aromatic rings. The van der Waals surface area contributed by atoms with Crippen molar-refractivity contribution in [3.8, 4) is 5.75 Å². The molecule has 0 spiro atoms. The predicted molar refractivity (Wildman–Crippen MR) is 96.8 cm³/mol. The molecule has 1 N–H and O–H groups in total. The number of carbonyl (C=O) groups is 1. The fourth-order valence-electron chi connectivity index (χ4n) is 2.83. The average Bonchev–Trinajstić information content (AvgIpc) is 2.64. The van der Waals surface area contributed by atoms with Gasteiger partial charge >= 0.3 is 12.1 Å². The summed E-state index contributed by atoms with van der Waals surface area (Å²) in [4.78, 5) is 24.8. The van der Waals surface area contributed by atoms with Gasteiger partial charge in [0.05, 0.1) is 24.7 Å². The Labute approximate surface area is 161 Å². The summed E-state index contributed by atoms with van der Waals surface area (Å²) in [6.45, 7) is -0.141. The van der Waals surface area contributed by atoms with Crippen molar-refractivity contribution in [2.24, 2.45) is 0 Å². The fourth-order valence-corrected chi connectivity index (χ4v) is 3.00. The monoisotopic (exact) mass is 411 g/mol. The van der Waals surface area contributed by atoms with Gasteiger partial charge in [0.2, 0.25) is 0 Å². The molecule has 0 unspecified atom stereocenters. The van der Waals surface area contributed by atoms with Crippen molar-refractivity contribution < 1.29 is 27.8 Å². The van der Waals surface area contributed by atoms with Crippen LogP contribution in [0.25, 0.3) is 10.9 Å². The molecule has 0 bridgehead atoms. The van der Waals surface area contributed by atoms with E-state index in [9.17, 15) is 27.9 Å². The molecule has 3 rings (SSSR count). The smallest absolute Gasteiger partial charge is 0.416 e. The van der Waals surface area contributed by atoms with Crippen LogP contribution in [0.3, 0.4) is 0 Å². The van der Waals surface area contributed by atoms with Crippen molar-refractivity contribution in [1.29, 1.82) is 0 Å². The van der Waals surface area contributed by atoms with Crippen LogP contribution in [0, 0.1) is 0 Å². The summed E-state index contributed by atoms with van der Waals surface area (Å²) in [5.41, 5.74) is -1.62. The highest BCUT2D eigenvalue weighted by atomic mass is 35.5. The SMILES string of the molecule is COC(=O)c1c(O)c2ccc(Cl)cc2n(Cc2ccc(C(F)(F)F)cc2)c1=O. The first-order chi connectivity index (χ1) is 13.1. The summed E-state index contributed by atoms with van der Waals surface area (Å²) < 4.78 is 43.9. The number of hydrogen-bond acceptors (Lipinski definition) is 4. The molecule has 1 aromatic heterocycles. The Kier molecular flexibility index (Phi) is 5.08. The number of nitrogens with zero attached hydrogens (tertiary/aromatic N) is 1. The molecule has 0 fully saturated rings. The molecule has 0 aliphatic rings. The second-order valence-electron chi connectivity index (χ2n) is 5.96. The molecule has 0 aliphatic heterocycles. The van der Waals surface area contributed by atoms with E-state index in [1.165, 1.54) is 30.3 Å². The third-order valence-corrected chi connectivity index (χ3v) is 4.45. The van der Waals surface area contributed by atoms with Gasteiger partial charge < -0.3 is 14.4 Å². The zero-order chi connectivity index (χ0) is 20.6. The van der Waals surface area contributed by atoms with Crippen molar-refractivity contribution in [1.82, 2.24) is 4.57 Å². The van der Waals surface area contributed by atoms with Crippen molar-refractivity contribution in [2.45, 2.75) is 12.7 Å². The minimum atomic E-state index is -4.48. The number of rotatable bonds is 3. The molecule has 9 heteroatoms. The fraction of sp³-hybridized carbons (Fsp3) is 0.158. The zero-order valence-electron chi connectivity index (χ0n) is 14.4. The van der Waals surface area contributed by atoms with Crippen molar-refractivity contribution in [3.63, 3.8) is 0 Å². The van der Waals surface area contributed by atoms with Crippen LogP contribution in [0.5, 0.6) is 5.75 Å². The van der Waals surface area contributed by atoms with Gasteiger partial charge in [-0.1, -0.05) is 23.7 Å². The quantitative estimate of drug-likeness (QED) is 0.655. The number of ether oxygens (including phenoxy) is 1. The first kappa shape index (κ1) is 19.8. The maximum absolute atomic E-state index is 12.8. The second-order valence-corrected chi connectivity index (χ2v) is 6.40. The minimum Gasteiger partial charge on any atom is -0.506 e. The number of benzene rings is 2. The lowest BCUT2D eigenvalue weighted by molar-refractivity contribution is -0.137. The van der Waals surface area contributed by atoms with Crippen LogP contribution >= 0.6 is 11.6 Å². The normalized spacial score (nSPS) is 11.6. The average molecular weight is 412 g/mol. The van der Waals surface area contributed by atoms with Gasteiger partial charge in [-0.2, -0.15) is 13.2 Å². The van der Waals surface area contributed by atoms with E-state index >= 15 is 0 Å². The lowest BCUT2D eigenvalue weighted by Crippen LogP contribution is -2.28. The van der Waals surface area contributed by atoms with Gasteiger partial charge in [0.25, 0.3) is 5.56 Å². The molecule has 146 valence electrons. The molecule has 0 saturated carbocycles. The van der Waals surface area contributed by atoms with Crippen LogP contribution in [0.4, 0.5) is 13.2 Å². The summed E-state index contributed by atoms with van der Waals surface area (Å²) in [6, 6.07) is 8.59. The Hall–Kier alpha value is -3.00. The van der Waals surface area contributed by atoms with Crippen molar-refractivity contribution in [3.05, 3.63) is 74.5 Å². The maximum Gasteiger partial charge on any atom is 0.416 e. The first-order valence-corrected chi connectivity index (χ1v) is 8.30. The number of esters is 1. The highest BCUT2D eigenvalue weighted by Crippen LogP contribution is 2.31. The summed E-state index contributed by atoms with van der Waals surface area (Å²) in [7, 11) is 1.06. The molecule has 0 atom stereocenters. The molecular formula is C19H13ClF3NO4. The van der Waals surface area contributed by atoms with Crippen molar-refractivity contribution in [2.75, 3.05) is 7.11 Å². The van der Waals surface area contributed by atoms with E-state index in [1.807, 2.05) is 0 Å². The van der Waals surface area contributed by atoms with Gasteiger partial charge in [0, 0.05) is 10.4 Å². The van der Waals surface area contributed by atoms with Crippen molar-refractivity contribution >= 4 is 28.5 Å². The second kappa shape index (κ2) is 7.20. The molecule has 0 saturated heterocycles. The Morgan fingerprint density at radius 3 is 2.39 bits per heavy atom. The Morgan fingerprint density at radius 1 is 1.18 bits per heavy atom. The number of carbonyl (C=O) groups excluding carboxylic acids is 1. The molecule has 0 aliphatic carbocycles. The van der Waals surface area contributed by atoms with E-state index < -0.39 is 34.6 Å². The van der Waals surface area contributed by atoms with Crippen LogP contribution in [-0.2, 0) is 17.5 Å². The zero-order valence-corrected chi connectivity index (χ0v) is 15.1. The third-order valence-electron chi connectivity index (χ3n) is 4.21. The summed E-state index contributed by atoms with van der Waals surface area (Å²) in [5.74, 6) is -1.58. The highest BCUT2D eigenvalue weighted by Gasteiger charge is 2.30. The number of aromatic nitrogens is 1. The highest BCUT2D eigenvalue weighted by molar-refractivity contribution is 6.31. The van der Waals surface area contributed by atoms with Gasteiger partial charge in [0.15, 0.2) is 5.56 Å². The van der Waals surface area contributed by atoms with E-state index in [2.05, 4.69) is 4.74 Å². The van der Waals surface area contributed by atoms with Gasteiger partial charge in [-0.05, 0) is 35.9 Å². The van der Waals surface area contributed by atoms with E-state index in [0.29, 0.717) is 5.56 Å². The van der Waals surface area contributed by atoms with Crippen LogP contribution in [0.15, 0.2) is 47.3 Å². The van der Waals surface area contributed by atoms with Crippen LogP contribution in [0.2, 0.25) is 5.02 Å². The Bertz CT molecular complexity index is 1120. The standard InChI is InChI=1S/C19H13ClF3NO4/c1-28-18(27)15-16(25)13-7-6-12(20)8-14(13)24(17(15)26)9-10-2-4-11(5-3-10)19(21,22)23/h2-8,25H,9H2,1H3. The van der Waals surface area contributed by atoms with Gasteiger partial charge in [-0.15, -0.1) is 0 Å². The predicted octanol–water partition coefficient (Wildman–Crippen LogP) is 4.21. The number of hydrogen-bond donors (Lipinski definition) is 1. The number of methoxy groups -OCH3 is 1. The van der Waals surface area contributed by atoms with Crippen LogP contribution < -0.4 is 5.56 Å². The number of pyridine rings is 1. The molecule has 5 nitrogen and oxygen atoms in total. The largest absolute Gasteiger partial charge is 0.506 e. The molecule has 28 heavy (non-hydrogen) atoms. The first-order valence-electron chi connectivity index (χ1n) is 7.93. The lowest BCUT2D eigenvalue weighted by atomic mass is 10.1. The summed E-state index contributed by atoms with van der Waals surface area (Å²) in [6.07, 6.45) is -4.48. The summed E-state index contributed by atoms with van der Waals surface area (Å²) in [5, 5.41) is 10.8. The van der Waals surface area contributed by atoms with Crippen LogP contribution in [0.1, 0.15) is 21.5 Å². The third kappa shape index (κ3) is 3.55. The topological polar surface area (TPSA) is 68.5 Å². The number of aromatic hydroxyl groups is 1. The number of alkyl halides is 3. The van der Waals surface area contributed by atoms with E-state index in [0.717, 1.165) is 23.8 Å². The Balaban J connectivity index is 2.20. The van der Waals surface area contributed by atoms with Gasteiger partial charge in [-0.25, -0.2) is 4.79 Å². The van der Waals surface area contributed by atoms with E-state index in [1.54, 1.807) is 0 Å². The minimum absolute atomic E-state index is 0.141. The van der Waals surface area contributed by atoms with E-state index in [-0.39, 0.29) is 22.5 Å². The molecule has 2 aromatic carbocycles. The number of halogens is 4. The lowest BCUT2D eigenvalue weighted by Gasteiger charge is -2.15. The maximum atomic E-state index is 12.8. The van der Waals surface area contributed by atoms with Crippen LogP contribution in [-0.4, -0.2) is 22.8 Å². The number of fused-ring (bicyclic) bond motifs is 1. The van der Waals surface area contributed by atoms with Gasteiger partial charge in [0.1, 0.15) is 5.75 Å². The molecule has 0 radical (unpaired) electrons. The Morgan fingerprint density at radius 2 is 1.82 bits per heavy atom. The summed E-state index contributed by atoms with van der Waals surface area (Å²) >= 11 is 5.99. The molecule has 0 amide bonds. The van der Waals surface area contributed by atoms with E-state index in [4.69, 9.17) is 11.6 Å².